The fourth-order valence-corrected chi connectivity index (χ4v) is 2.73. The Morgan fingerprint density at radius 1 is 1.24 bits per heavy atom. The van der Waals surface area contributed by atoms with Gasteiger partial charge in [0.2, 0.25) is 5.88 Å². The minimum Gasteiger partial charge on any atom is -0.474 e. The van der Waals surface area contributed by atoms with Gasteiger partial charge in [0, 0.05) is 50.5 Å². The van der Waals surface area contributed by atoms with Gasteiger partial charge in [-0.3, -0.25) is 0 Å². The third-order valence-electron chi connectivity index (χ3n) is 3.49. The standard InChI is InChI=1S/C15H15BrClN3O/c16-12-10-19-14(9-13(12)17)20-7-4-11(5-8-20)21-15-3-1-2-6-18-15/h1-3,6,9-11H,4-5,7-8H2. The molecule has 0 amide bonds. The van der Waals surface area contributed by atoms with E-state index in [1.165, 1.54) is 0 Å². The average Bonchev–Trinajstić information content (AvgIpc) is 2.52. The molecule has 4 nitrogen and oxygen atoms in total. The fraction of sp³-hybridized carbons (Fsp3) is 0.333. The van der Waals surface area contributed by atoms with Crippen molar-refractivity contribution in [2.75, 3.05) is 18.0 Å². The lowest BCUT2D eigenvalue weighted by molar-refractivity contribution is 0.164. The van der Waals surface area contributed by atoms with Crippen LogP contribution in [0.5, 0.6) is 5.88 Å². The first-order valence-corrected chi connectivity index (χ1v) is 8.03. The van der Waals surface area contributed by atoms with Gasteiger partial charge in [0.15, 0.2) is 0 Å². The molecular formula is C15H15BrClN3O. The molecule has 0 atom stereocenters. The molecule has 0 radical (unpaired) electrons. The molecule has 3 heterocycles. The van der Waals surface area contributed by atoms with Crippen LogP contribution < -0.4 is 9.64 Å². The molecule has 21 heavy (non-hydrogen) atoms. The van der Waals surface area contributed by atoms with Gasteiger partial charge in [-0.2, -0.15) is 0 Å². The minimum atomic E-state index is 0.210. The van der Waals surface area contributed by atoms with Crippen LogP contribution in [0.4, 0.5) is 5.82 Å². The zero-order valence-electron chi connectivity index (χ0n) is 11.4. The van der Waals surface area contributed by atoms with Gasteiger partial charge in [-0.15, -0.1) is 0 Å². The number of halogens is 2. The Hall–Kier alpha value is -1.33. The molecule has 2 aromatic heterocycles. The lowest BCUT2D eigenvalue weighted by Gasteiger charge is -2.32. The van der Waals surface area contributed by atoms with Crippen molar-refractivity contribution in [3.8, 4) is 5.88 Å². The van der Waals surface area contributed by atoms with Gasteiger partial charge < -0.3 is 9.64 Å². The predicted octanol–water partition coefficient (Wildman–Crippen LogP) is 3.94. The van der Waals surface area contributed by atoms with Crippen molar-refractivity contribution in [1.29, 1.82) is 0 Å². The Kier molecular flexibility index (Phi) is 4.60. The highest BCUT2D eigenvalue weighted by Crippen LogP contribution is 2.27. The summed E-state index contributed by atoms with van der Waals surface area (Å²) in [6.07, 6.45) is 5.60. The van der Waals surface area contributed by atoms with Crippen LogP contribution in [0.15, 0.2) is 41.1 Å². The van der Waals surface area contributed by atoms with E-state index in [0.717, 1.165) is 36.2 Å². The number of pyridine rings is 2. The van der Waals surface area contributed by atoms with Crippen LogP contribution in [0, 0.1) is 0 Å². The number of aromatic nitrogens is 2. The largest absolute Gasteiger partial charge is 0.474 e. The lowest BCUT2D eigenvalue weighted by atomic mass is 10.1. The van der Waals surface area contributed by atoms with E-state index >= 15 is 0 Å². The maximum absolute atomic E-state index is 6.12. The van der Waals surface area contributed by atoms with Crippen molar-refractivity contribution in [2.24, 2.45) is 0 Å². The first-order valence-electron chi connectivity index (χ1n) is 6.86. The fourth-order valence-electron chi connectivity index (χ4n) is 2.37. The first kappa shape index (κ1) is 14.6. The van der Waals surface area contributed by atoms with Crippen LogP contribution in [-0.4, -0.2) is 29.2 Å². The second-order valence-corrected chi connectivity index (χ2v) is 6.19. The van der Waals surface area contributed by atoms with E-state index in [1.54, 1.807) is 12.4 Å². The number of piperidine rings is 1. The summed E-state index contributed by atoms with van der Waals surface area (Å²) >= 11 is 9.48. The van der Waals surface area contributed by atoms with Gasteiger partial charge in [-0.05, 0) is 22.0 Å². The molecule has 1 fully saturated rings. The second kappa shape index (κ2) is 6.62. The van der Waals surface area contributed by atoms with Gasteiger partial charge in [0.1, 0.15) is 11.9 Å². The summed E-state index contributed by atoms with van der Waals surface area (Å²) in [5.74, 6) is 1.61. The quantitative estimate of drug-likeness (QED) is 0.822. The van der Waals surface area contributed by atoms with E-state index in [0.29, 0.717) is 10.9 Å². The van der Waals surface area contributed by atoms with Crippen LogP contribution in [0.2, 0.25) is 5.02 Å². The van der Waals surface area contributed by atoms with Gasteiger partial charge in [-0.1, -0.05) is 17.7 Å². The molecule has 0 aromatic carbocycles. The van der Waals surface area contributed by atoms with Crippen molar-refractivity contribution in [3.63, 3.8) is 0 Å². The molecule has 0 N–H and O–H groups in total. The molecule has 0 saturated carbocycles. The highest BCUT2D eigenvalue weighted by Gasteiger charge is 2.22. The van der Waals surface area contributed by atoms with E-state index < -0.39 is 0 Å². The van der Waals surface area contributed by atoms with Crippen molar-refractivity contribution in [3.05, 3.63) is 46.2 Å². The second-order valence-electron chi connectivity index (χ2n) is 4.93. The van der Waals surface area contributed by atoms with Crippen LogP contribution >= 0.6 is 27.5 Å². The third kappa shape index (κ3) is 3.66. The molecule has 0 unspecified atom stereocenters. The highest BCUT2D eigenvalue weighted by atomic mass is 79.9. The summed E-state index contributed by atoms with van der Waals surface area (Å²) in [6, 6.07) is 7.61. The van der Waals surface area contributed by atoms with Crippen molar-refractivity contribution in [1.82, 2.24) is 9.97 Å². The van der Waals surface area contributed by atoms with Gasteiger partial charge in [0.05, 0.1) is 9.50 Å². The number of nitrogens with zero attached hydrogens (tertiary/aromatic N) is 3. The molecule has 1 aliphatic heterocycles. The molecule has 110 valence electrons. The van der Waals surface area contributed by atoms with Gasteiger partial charge in [-0.25, -0.2) is 9.97 Å². The molecule has 0 spiro atoms. The van der Waals surface area contributed by atoms with Crippen molar-refractivity contribution >= 4 is 33.3 Å². The van der Waals surface area contributed by atoms with Crippen LogP contribution in [0.1, 0.15) is 12.8 Å². The normalized spacial score (nSPS) is 16.0. The van der Waals surface area contributed by atoms with Crippen LogP contribution in [0.3, 0.4) is 0 Å². The summed E-state index contributed by atoms with van der Waals surface area (Å²) in [5.41, 5.74) is 0. The number of ether oxygens (including phenoxy) is 1. The SMILES string of the molecule is Clc1cc(N2CCC(Oc3ccccn3)CC2)ncc1Br. The first-order chi connectivity index (χ1) is 10.2. The number of anilines is 1. The molecule has 2 aromatic rings. The van der Waals surface area contributed by atoms with Crippen molar-refractivity contribution < 1.29 is 4.74 Å². The summed E-state index contributed by atoms with van der Waals surface area (Å²) in [5, 5.41) is 0.687. The van der Waals surface area contributed by atoms with Crippen LogP contribution in [0.25, 0.3) is 0 Å². The Bertz CT molecular complexity index is 603. The number of hydrogen-bond acceptors (Lipinski definition) is 4. The molecule has 0 bridgehead atoms. The number of rotatable bonds is 3. The van der Waals surface area contributed by atoms with Gasteiger partial charge in [0.25, 0.3) is 0 Å². The summed E-state index contributed by atoms with van der Waals surface area (Å²) < 4.78 is 6.71. The monoisotopic (exact) mass is 367 g/mol. The average molecular weight is 369 g/mol. The Morgan fingerprint density at radius 2 is 2.05 bits per heavy atom. The summed E-state index contributed by atoms with van der Waals surface area (Å²) in [7, 11) is 0. The third-order valence-corrected chi connectivity index (χ3v) is 4.66. The zero-order valence-corrected chi connectivity index (χ0v) is 13.7. The van der Waals surface area contributed by atoms with E-state index in [2.05, 4.69) is 30.8 Å². The Labute approximate surface area is 137 Å². The van der Waals surface area contributed by atoms with Crippen molar-refractivity contribution in [2.45, 2.75) is 18.9 Å². The zero-order chi connectivity index (χ0) is 14.7. The highest BCUT2D eigenvalue weighted by molar-refractivity contribution is 9.10. The molecular weight excluding hydrogens is 354 g/mol. The summed E-state index contributed by atoms with van der Waals surface area (Å²) in [6.45, 7) is 1.81. The molecule has 1 aliphatic rings. The van der Waals surface area contributed by atoms with Gasteiger partial charge >= 0.3 is 0 Å². The maximum Gasteiger partial charge on any atom is 0.213 e. The molecule has 3 rings (SSSR count). The number of hydrogen-bond donors (Lipinski definition) is 0. The van der Waals surface area contributed by atoms with E-state index in [1.807, 2.05) is 24.3 Å². The predicted molar refractivity (Wildman–Crippen MR) is 87.0 cm³/mol. The van der Waals surface area contributed by atoms with E-state index in [4.69, 9.17) is 16.3 Å². The lowest BCUT2D eigenvalue weighted by Crippen LogP contribution is -2.38. The van der Waals surface area contributed by atoms with Crippen LogP contribution in [-0.2, 0) is 0 Å². The summed E-state index contributed by atoms with van der Waals surface area (Å²) in [4.78, 5) is 10.8. The smallest absolute Gasteiger partial charge is 0.213 e. The Morgan fingerprint density at radius 3 is 2.71 bits per heavy atom. The Balaban J connectivity index is 1.58. The molecule has 1 saturated heterocycles. The molecule has 0 aliphatic carbocycles. The molecule has 6 heteroatoms. The maximum atomic E-state index is 6.12. The van der Waals surface area contributed by atoms with E-state index in [9.17, 15) is 0 Å². The minimum absolute atomic E-state index is 0.210. The topological polar surface area (TPSA) is 38.2 Å². The van der Waals surface area contributed by atoms with E-state index in [-0.39, 0.29) is 6.10 Å².